The van der Waals surface area contributed by atoms with Crippen LogP contribution in [0.15, 0.2) is 59.1 Å². The number of nitrogens with zero attached hydrogens (tertiary/aromatic N) is 1. The zero-order chi connectivity index (χ0) is 20.0. The lowest BCUT2D eigenvalue weighted by Crippen LogP contribution is -2.15. The maximum atomic E-state index is 12.3. The summed E-state index contributed by atoms with van der Waals surface area (Å²) in [4.78, 5) is 12.0. The van der Waals surface area contributed by atoms with Crippen molar-refractivity contribution in [3.8, 4) is 11.8 Å². The molecule has 2 aromatic carbocycles. The van der Waals surface area contributed by atoms with Crippen LogP contribution in [0, 0.1) is 11.3 Å². The molecule has 0 unspecified atom stereocenters. The van der Waals surface area contributed by atoms with Gasteiger partial charge in [0, 0.05) is 16.9 Å². The number of rotatable bonds is 6. The lowest BCUT2D eigenvalue weighted by Gasteiger charge is -2.10. The van der Waals surface area contributed by atoms with Gasteiger partial charge in [-0.1, -0.05) is 11.6 Å². The van der Waals surface area contributed by atoms with Crippen molar-refractivity contribution in [2.45, 2.75) is 4.90 Å². The molecule has 10 heteroatoms. The zero-order valence-electron chi connectivity index (χ0n) is 13.9. The Morgan fingerprint density at radius 1 is 1.26 bits per heavy atom. The monoisotopic (exact) mass is 407 g/mol. The van der Waals surface area contributed by atoms with Crippen molar-refractivity contribution < 1.29 is 22.5 Å². The van der Waals surface area contributed by atoms with Gasteiger partial charge in [0.2, 0.25) is 0 Å². The van der Waals surface area contributed by atoms with Crippen LogP contribution < -0.4 is 15.4 Å². The minimum atomic E-state index is -4.30. The molecule has 1 amide bonds. The summed E-state index contributed by atoms with van der Waals surface area (Å²) in [5, 5.41) is 14.8. The van der Waals surface area contributed by atoms with Gasteiger partial charge in [0.25, 0.3) is 16.0 Å². The van der Waals surface area contributed by atoms with E-state index in [1.165, 1.54) is 37.4 Å². The summed E-state index contributed by atoms with van der Waals surface area (Å²) in [5.74, 6) is -0.320. The first-order valence-corrected chi connectivity index (χ1v) is 9.15. The summed E-state index contributed by atoms with van der Waals surface area (Å²) in [7, 11) is -2.87. The van der Waals surface area contributed by atoms with Crippen molar-refractivity contribution in [3.05, 3.63) is 59.3 Å². The van der Waals surface area contributed by atoms with E-state index >= 15 is 0 Å². The number of hydrogen-bond acceptors (Lipinski definition) is 6. The van der Waals surface area contributed by atoms with Gasteiger partial charge in [0.05, 0.1) is 17.7 Å². The first-order valence-electron chi connectivity index (χ1n) is 7.34. The summed E-state index contributed by atoms with van der Waals surface area (Å²) in [6.07, 6.45) is 1.16. The molecule has 27 heavy (non-hydrogen) atoms. The molecule has 3 N–H and O–H groups in total. The molecule has 0 aliphatic carbocycles. The average molecular weight is 408 g/mol. The number of amides is 1. The Morgan fingerprint density at radius 2 is 1.93 bits per heavy atom. The lowest BCUT2D eigenvalue weighted by atomic mass is 10.2. The molecule has 0 atom stereocenters. The Kier molecular flexibility index (Phi) is 6.41. The molecule has 0 aliphatic heterocycles. The summed E-state index contributed by atoms with van der Waals surface area (Å²) < 4.78 is 36.1. The molecule has 2 aromatic rings. The Bertz CT molecular complexity index is 1030. The SMILES string of the molecule is COc1ccc(Cl)cc1NC(=O)/C(C#N)=C\Nc1ccc(S(=O)(=O)O)cc1. The Balaban J connectivity index is 2.15. The average Bonchev–Trinajstić information content (AvgIpc) is 2.62. The van der Waals surface area contributed by atoms with Crippen molar-refractivity contribution in [1.29, 1.82) is 5.26 Å². The molecule has 0 aliphatic rings. The van der Waals surface area contributed by atoms with Gasteiger partial charge in [0.1, 0.15) is 17.4 Å². The number of nitrogens with one attached hydrogen (secondary N) is 2. The fraction of sp³-hybridized carbons (Fsp3) is 0.0588. The predicted octanol–water partition coefficient (Wildman–Crippen LogP) is 3.05. The molecular formula is C17H14ClN3O5S. The maximum Gasteiger partial charge on any atom is 0.294 e. The van der Waals surface area contributed by atoms with Crippen LogP contribution in [-0.4, -0.2) is 26.0 Å². The Morgan fingerprint density at radius 3 is 2.48 bits per heavy atom. The summed E-state index contributed by atoms with van der Waals surface area (Å²) in [5.41, 5.74) is 0.466. The second kappa shape index (κ2) is 8.55. The first kappa shape index (κ1) is 20.3. The van der Waals surface area contributed by atoms with E-state index in [4.69, 9.17) is 20.9 Å². The Labute approximate surface area is 160 Å². The molecule has 0 saturated heterocycles. The van der Waals surface area contributed by atoms with Crippen LogP contribution in [0.4, 0.5) is 11.4 Å². The normalized spacial score (nSPS) is 11.4. The number of carbonyl (C=O) groups is 1. The van der Waals surface area contributed by atoms with E-state index in [0.29, 0.717) is 22.1 Å². The van der Waals surface area contributed by atoms with Gasteiger partial charge in [-0.3, -0.25) is 9.35 Å². The van der Waals surface area contributed by atoms with E-state index < -0.39 is 16.0 Å². The molecule has 0 saturated carbocycles. The van der Waals surface area contributed by atoms with E-state index in [0.717, 1.165) is 6.20 Å². The second-order valence-corrected chi connectivity index (χ2v) is 6.97. The highest BCUT2D eigenvalue weighted by atomic mass is 35.5. The van der Waals surface area contributed by atoms with Gasteiger partial charge in [-0.2, -0.15) is 13.7 Å². The summed E-state index contributed by atoms with van der Waals surface area (Å²) in [6, 6.07) is 11.5. The highest BCUT2D eigenvalue weighted by Crippen LogP contribution is 2.28. The van der Waals surface area contributed by atoms with Gasteiger partial charge in [-0.05, 0) is 42.5 Å². The van der Waals surface area contributed by atoms with Crippen LogP contribution in [0.2, 0.25) is 5.02 Å². The predicted molar refractivity (Wildman–Crippen MR) is 100 cm³/mol. The number of anilines is 2. The quantitative estimate of drug-likeness (QED) is 0.381. The van der Waals surface area contributed by atoms with E-state index in [2.05, 4.69) is 10.6 Å². The standard InChI is InChI=1S/C17H14ClN3O5S/c1-26-16-7-2-12(18)8-15(16)21-17(22)11(9-19)10-20-13-3-5-14(6-4-13)27(23,24)25/h2-8,10,20H,1H3,(H,21,22)(H,23,24,25)/b11-10-. The van der Waals surface area contributed by atoms with Gasteiger partial charge >= 0.3 is 0 Å². The third kappa shape index (κ3) is 5.46. The number of nitriles is 1. The van der Waals surface area contributed by atoms with Crippen LogP contribution in [0.5, 0.6) is 5.75 Å². The van der Waals surface area contributed by atoms with Crippen LogP contribution in [0.3, 0.4) is 0 Å². The largest absolute Gasteiger partial charge is 0.495 e. The third-order valence-corrected chi connectivity index (χ3v) is 4.41. The number of methoxy groups -OCH3 is 1. The van der Waals surface area contributed by atoms with Crippen LogP contribution in [0.1, 0.15) is 0 Å². The highest BCUT2D eigenvalue weighted by molar-refractivity contribution is 7.85. The minimum Gasteiger partial charge on any atom is -0.495 e. The second-order valence-electron chi connectivity index (χ2n) is 5.11. The van der Waals surface area contributed by atoms with E-state index in [1.54, 1.807) is 18.2 Å². The van der Waals surface area contributed by atoms with Crippen molar-refractivity contribution in [3.63, 3.8) is 0 Å². The van der Waals surface area contributed by atoms with Crippen molar-refractivity contribution >= 4 is 39.0 Å². The molecule has 0 bridgehead atoms. The van der Waals surface area contributed by atoms with Crippen LogP contribution in [0.25, 0.3) is 0 Å². The molecule has 0 fully saturated rings. The van der Waals surface area contributed by atoms with E-state index in [-0.39, 0.29) is 10.5 Å². The van der Waals surface area contributed by atoms with Crippen molar-refractivity contribution in [2.75, 3.05) is 17.7 Å². The van der Waals surface area contributed by atoms with Crippen LogP contribution in [-0.2, 0) is 14.9 Å². The van der Waals surface area contributed by atoms with Crippen LogP contribution >= 0.6 is 11.6 Å². The smallest absolute Gasteiger partial charge is 0.294 e. The molecule has 0 radical (unpaired) electrons. The molecular weight excluding hydrogens is 394 g/mol. The number of carbonyl (C=O) groups excluding carboxylic acids is 1. The van der Waals surface area contributed by atoms with Gasteiger partial charge < -0.3 is 15.4 Å². The fourth-order valence-electron chi connectivity index (χ4n) is 1.99. The first-order chi connectivity index (χ1) is 12.7. The van der Waals surface area contributed by atoms with Crippen molar-refractivity contribution in [2.24, 2.45) is 0 Å². The van der Waals surface area contributed by atoms with Crippen molar-refractivity contribution in [1.82, 2.24) is 0 Å². The molecule has 0 spiro atoms. The number of hydrogen-bond donors (Lipinski definition) is 3. The fourth-order valence-corrected chi connectivity index (χ4v) is 2.65. The minimum absolute atomic E-state index is 0.240. The number of ether oxygens (including phenoxy) is 1. The molecule has 2 rings (SSSR count). The topological polar surface area (TPSA) is 129 Å². The van der Waals surface area contributed by atoms with E-state index in [9.17, 15) is 18.5 Å². The third-order valence-electron chi connectivity index (χ3n) is 3.31. The van der Waals surface area contributed by atoms with E-state index in [1.807, 2.05) is 0 Å². The Hall–Kier alpha value is -3.06. The van der Waals surface area contributed by atoms with Gasteiger partial charge in [0.15, 0.2) is 0 Å². The molecule has 0 aromatic heterocycles. The molecule has 8 nitrogen and oxygen atoms in total. The van der Waals surface area contributed by atoms with Gasteiger partial charge in [-0.15, -0.1) is 0 Å². The zero-order valence-corrected chi connectivity index (χ0v) is 15.5. The number of halogens is 1. The maximum absolute atomic E-state index is 12.3. The summed E-state index contributed by atoms with van der Waals surface area (Å²) in [6.45, 7) is 0. The highest BCUT2D eigenvalue weighted by Gasteiger charge is 2.13. The molecule has 0 heterocycles. The lowest BCUT2D eigenvalue weighted by molar-refractivity contribution is -0.112. The molecule has 140 valence electrons. The van der Waals surface area contributed by atoms with Gasteiger partial charge in [-0.25, -0.2) is 0 Å². The summed E-state index contributed by atoms with van der Waals surface area (Å²) >= 11 is 5.90. The number of benzene rings is 2.